The topological polar surface area (TPSA) is 60.2 Å². The minimum Gasteiger partial charge on any atom is -0.368 e. The molecular weight excluding hydrogens is 266 g/mol. The predicted molar refractivity (Wildman–Crippen MR) is 78.9 cm³/mol. The Bertz CT molecular complexity index is 621. The lowest BCUT2D eigenvalue weighted by Gasteiger charge is -2.23. The molecule has 21 heavy (non-hydrogen) atoms. The first-order valence-electron chi connectivity index (χ1n) is 7.38. The maximum Gasteiger partial charge on any atom is 0.235 e. The second kappa shape index (κ2) is 5.58. The van der Waals surface area contributed by atoms with E-state index in [4.69, 9.17) is 9.26 Å². The molecule has 1 aromatic heterocycles. The summed E-state index contributed by atoms with van der Waals surface area (Å²) >= 11 is 0. The lowest BCUT2D eigenvalue weighted by Crippen LogP contribution is -2.29. The molecular formula is C16H21N3O2. The van der Waals surface area contributed by atoms with Crippen molar-refractivity contribution >= 4 is 0 Å². The van der Waals surface area contributed by atoms with Crippen molar-refractivity contribution in [1.29, 1.82) is 0 Å². The van der Waals surface area contributed by atoms with Gasteiger partial charge in [-0.05, 0) is 31.9 Å². The molecule has 1 aliphatic rings. The van der Waals surface area contributed by atoms with Gasteiger partial charge in [-0.2, -0.15) is 4.98 Å². The highest BCUT2D eigenvalue weighted by Gasteiger charge is 2.31. The van der Waals surface area contributed by atoms with Crippen LogP contribution in [0.2, 0.25) is 0 Å². The van der Waals surface area contributed by atoms with Crippen LogP contribution in [-0.2, 0) is 16.9 Å². The zero-order valence-electron chi connectivity index (χ0n) is 12.7. The van der Waals surface area contributed by atoms with E-state index >= 15 is 0 Å². The van der Waals surface area contributed by atoms with E-state index in [1.54, 1.807) is 0 Å². The summed E-state index contributed by atoms with van der Waals surface area (Å²) in [7, 11) is 0. The van der Waals surface area contributed by atoms with Crippen molar-refractivity contribution in [2.45, 2.75) is 38.8 Å². The smallest absolute Gasteiger partial charge is 0.235 e. The van der Waals surface area contributed by atoms with Gasteiger partial charge in [-0.25, -0.2) is 0 Å². The molecule has 5 heteroatoms. The van der Waals surface area contributed by atoms with E-state index in [0.717, 1.165) is 13.1 Å². The third-order valence-corrected chi connectivity index (χ3v) is 3.88. The number of fused-ring (bicyclic) bond motifs is 1. The Morgan fingerprint density at radius 3 is 3.00 bits per heavy atom. The highest BCUT2D eigenvalue weighted by atomic mass is 16.5. The lowest BCUT2D eigenvalue weighted by molar-refractivity contribution is -0.0221. The fraction of sp³-hybridized carbons (Fsp3) is 0.500. The van der Waals surface area contributed by atoms with Gasteiger partial charge in [0.15, 0.2) is 0 Å². The largest absolute Gasteiger partial charge is 0.368 e. The summed E-state index contributed by atoms with van der Waals surface area (Å²) in [5.74, 6) is 1.36. The molecule has 0 bridgehead atoms. The van der Waals surface area contributed by atoms with Gasteiger partial charge in [0.25, 0.3) is 0 Å². The molecule has 1 aromatic carbocycles. The van der Waals surface area contributed by atoms with Crippen molar-refractivity contribution in [2.24, 2.45) is 0 Å². The molecule has 1 aliphatic heterocycles. The van der Waals surface area contributed by atoms with E-state index in [9.17, 15) is 0 Å². The number of hydrogen-bond acceptors (Lipinski definition) is 5. The Labute approximate surface area is 124 Å². The SMILES string of the molecule is CCOC(C)(C)c1noc(C2CNCc3ccccc32)n1. The molecule has 0 radical (unpaired) electrons. The molecule has 1 N–H and O–H groups in total. The minimum absolute atomic E-state index is 0.105. The minimum atomic E-state index is -0.530. The van der Waals surface area contributed by atoms with Crippen LogP contribution in [0.25, 0.3) is 0 Å². The maximum absolute atomic E-state index is 5.68. The second-order valence-corrected chi connectivity index (χ2v) is 5.78. The molecule has 112 valence electrons. The van der Waals surface area contributed by atoms with Gasteiger partial charge in [-0.15, -0.1) is 0 Å². The molecule has 2 heterocycles. The first kappa shape index (κ1) is 14.2. The third kappa shape index (κ3) is 2.71. The molecule has 0 aliphatic carbocycles. The molecule has 0 saturated heterocycles. The van der Waals surface area contributed by atoms with Crippen LogP contribution in [0.4, 0.5) is 0 Å². The summed E-state index contributed by atoms with van der Waals surface area (Å²) in [5, 5.41) is 7.52. The van der Waals surface area contributed by atoms with E-state index in [-0.39, 0.29) is 5.92 Å². The van der Waals surface area contributed by atoms with Crippen LogP contribution >= 0.6 is 0 Å². The maximum atomic E-state index is 5.68. The number of hydrogen-bond donors (Lipinski definition) is 1. The van der Waals surface area contributed by atoms with Crippen LogP contribution in [0, 0.1) is 0 Å². The van der Waals surface area contributed by atoms with Gasteiger partial charge in [-0.1, -0.05) is 29.4 Å². The van der Waals surface area contributed by atoms with E-state index in [1.165, 1.54) is 11.1 Å². The van der Waals surface area contributed by atoms with Gasteiger partial charge >= 0.3 is 0 Å². The summed E-state index contributed by atoms with van der Waals surface area (Å²) in [6, 6.07) is 8.38. The second-order valence-electron chi connectivity index (χ2n) is 5.78. The van der Waals surface area contributed by atoms with Crippen molar-refractivity contribution in [3.05, 3.63) is 47.1 Å². The fourth-order valence-corrected chi connectivity index (χ4v) is 2.76. The van der Waals surface area contributed by atoms with Gasteiger partial charge in [0, 0.05) is 19.7 Å². The van der Waals surface area contributed by atoms with Crippen LogP contribution < -0.4 is 5.32 Å². The number of aromatic nitrogens is 2. The van der Waals surface area contributed by atoms with Crippen molar-refractivity contribution in [1.82, 2.24) is 15.5 Å². The summed E-state index contributed by atoms with van der Waals surface area (Å²) in [4.78, 5) is 4.58. The van der Waals surface area contributed by atoms with Crippen LogP contribution in [0.3, 0.4) is 0 Å². The van der Waals surface area contributed by atoms with Gasteiger partial charge < -0.3 is 14.6 Å². The molecule has 1 unspecified atom stereocenters. The molecule has 3 rings (SSSR count). The average molecular weight is 287 g/mol. The van der Waals surface area contributed by atoms with Crippen molar-refractivity contribution in [2.75, 3.05) is 13.2 Å². The molecule has 1 atom stereocenters. The predicted octanol–water partition coefficient (Wildman–Crippen LogP) is 2.58. The average Bonchev–Trinajstić information content (AvgIpc) is 2.97. The van der Waals surface area contributed by atoms with Crippen LogP contribution in [-0.4, -0.2) is 23.3 Å². The van der Waals surface area contributed by atoms with Gasteiger partial charge in [0.2, 0.25) is 11.7 Å². The Kier molecular flexibility index (Phi) is 3.78. The third-order valence-electron chi connectivity index (χ3n) is 3.88. The number of benzene rings is 1. The van der Waals surface area contributed by atoms with E-state index < -0.39 is 5.60 Å². The van der Waals surface area contributed by atoms with Crippen LogP contribution in [0.5, 0.6) is 0 Å². The van der Waals surface area contributed by atoms with Gasteiger partial charge in [0.1, 0.15) is 5.60 Å². The summed E-state index contributed by atoms with van der Waals surface area (Å²) in [6.45, 7) is 8.19. The molecule has 2 aromatic rings. The lowest BCUT2D eigenvalue weighted by atomic mass is 9.91. The van der Waals surface area contributed by atoms with Crippen molar-refractivity contribution in [3.63, 3.8) is 0 Å². The molecule has 0 amide bonds. The highest BCUT2D eigenvalue weighted by molar-refractivity contribution is 5.35. The Morgan fingerprint density at radius 2 is 2.19 bits per heavy atom. The molecule has 5 nitrogen and oxygen atoms in total. The fourth-order valence-electron chi connectivity index (χ4n) is 2.76. The number of nitrogens with zero attached hydrogens (tertiary/aromatic N) is 2. The van der Waals surface area contributed by atoms with Crippen LogP contribution in [0.15, 0.2) is 28.8 Å². The number of ether oxygens (including phenoxy) is 1. The summed E-state index contributed by atoms with van der Waals surface area (Å²) < 4.78 is 11.2. The zero-order chi connectivity index (χ0) is 14.9. The summed E-state index contributed by atoms with van der Waals surface area (Å²) in [5.41, 5.74) is 2.02. The first-order valence-corrected chi connectivity index (χ1v) is 7.38. The van der Waals surface area contributed by atoms with E-state index in [0.29, 0.717) is 18.3 Å². The Hall–Kier alpha value is -1.72. The Morgan fingerprint density at radius 1 is 1.38 bits per heavy atom. The molecule has 0 fully saturated rings. The van der Waals surface area contributed by atoms with Crippen molar-refractivity contribution in [3.8, 4) is 0 Å². The van der Waals surface area contributed by atoms with Gasteiger partial charge in [0.05, 0.1) is 5.92 Å². The van der Waals surface area contributed by atoms with Crippen LogP contribution in [0.1, 0.15) is 49.5 Å². The number of nitrogens with one attached hydrogen (secondary N) is 1. The zero-order valence-corrected chi connectivity index (χ0v) is 12.7. The summed E-state index contributed by atoms with van der Waals surface area (Å²) in [6.07, 6.45) is 0. The first-order chi connectivity index (χ1) is 10.1. The molecule has 0 saturated carbocycles. The Balaban J connectivity index is 1.91. The quantitative estimate of drug-likeness (QED) is 0.936. The molecule has 0 spiro atoms. The monoisotopic (exact) mass is 287 g/mol. The highest BCUT2D eigenvalue weighted by Crippen LogP contribution is 2.30. The standard InChI is InChI=1S/C16H21N3O2/c1-4-20-16(2,3)15-18-14(21-19-15)13-10-17-9-11-7-5-6-8-12(11)13/h5-8,13,17H,4,9-10H2,1-3H3. The normalized spacial score (nSPS) is 18.5. The van der Waals surface area contributed by atoms with E-state index in [1.807, 2.05) is 20.8 Å². The van der Waals surface area contributed by atoms with E-state index in [2.05, 4.69) is 39.7 Å². The number of rotatable bonds is 4. The van der Waals surface area contributed by atoms with Gasteiger partial charge in [-0.3, -0.25) is 0 Å². The van der Waals surface area contributed by atoms with Crippen molar-refractivity contribution < 1.29 is 9.26 Å².